The van der Waals surface area contributed by atoms with Gasteiger partial charge in [-0.2, -0.15) is 0 Å². The molecule has 0 bridgehead atoms. The number of ether oxygens (including phenoxy) is 2. The summed E-state index contributed by atoms with van der Waals surface area (Å²) in [5.74, 6) is -2.24. The quantitative estimate of drug-likeness (QED) is 0.489. The third-order valence-electron chi connectivity index (χ3n) is 4.95. The summed E-state index contributed by atoms with van der Waals surface area (Å²) in [5, 5.41) is 10.8. The number of nitrogens with zero attached hydrogens (tertiary/aromatic N) is 2. The van der Waals surface area contributed by atoms with E-state index in [2.05, 4.69) is 0 Å². The molecule has 0 saturated carbocycles. The second kappa shape index (κ2) is 8.31. The van der Waals surface area contributed by atoms with E-state index in [0.717, 1.165) is 11.0 Å². The molecule has 158 valence electrons. The molecule has 0 aliphatic carbocycles. The van der Waals surface area contributed by atoms with Crippen molar-refractivity contribution in [3.05, 3.63) is 66.2 Å². The summed E-state index contributed by atoms with van der Waals surface area (Å²) in [6.45, 7) is 0.0383. The van der Waals surface area contributed by atoms with Gasteiger partial charge in [0.05, 0.1) is 18.1 Å². The number of para-hydroxylation sites is 1. The molecule has 31 heavy (non-hydrogen) atoms. The number of benzene rings is 2. The van der Waals surface area contributed by atoms with Gasteiger partial charge in [0.15, 0.2) is 11.5 Å². The third-order valence-corrected chi connectivity index (χ3v) is 4.95. The Morgan fingerprint density at radius 3 is 2.55 bits per heavy atom. The van der Waals surface area contributed by atoms with Crippen molar-refractivity contribution in [3.8, 4) is 11.5 Å². The number of carboxylic acid groups (broad SMARTS) is 1. The number of carbonyl (C=O) groups is 4. The Bertz CT molecular complexity index is 1080. The van der Waals surface area contributed by atoms with Crippen molar-refractivity contribution in [3.63, 3.8) is 0 Å². The number of fused-ring (bicyclic) bond motifs is 1. The van der Waals surface area contributed by atoms with Crippen LogP contribution < -0.4 is 19.5 Å². The van der Waals surface area contributed by atoms with Crippen molar-refractivity contribution in [2.24, 2.45) is 0 Å². The lowest BCUT2D eigenvalue weighted by atomic mass is 10.1. The molecule has 3 amide bonds. The number of carboxylic acids is 1. The lowest BCUT2D eigenvalue weighted by molar-refractivity contribution is -0.297. The zero-order chi connectivity index (χ0) is 22.0. The molecule has 0 aromatic heterocycles. The monoisotopic (exact) mass is 421 g/mol. The molecule has 2 aliphatic heterocycles. The smallest absolute Gasteiger partial charge is 0.257 e. The van der Waals surface area contributed by atoms with Gasteiger partial charge in [0.25, 0.3) is 5.91 Å². The first kappa shape index (κ1) is 20.1. The molecule has 0 radical (unpaired) electrons. The fourth-order valence-corrected chi connectivity index (χ4v) is 3.52. The van der Waals surface area contributed by atoms with Crippen molar-refractivity contribution in [2.45, 2.75) is 19.0 Å². The Morgan fingerprint density at radius 2 is 1.81 bits per heavy atom. The molecule has 2 aromatic carbocycles. The van der Waals surface area contributed by atoms with E-state index in [1.807, 2.05) is 0 Å². The van der Waals surface area contributed by atoms with Crippen LogP contribution in [0.15, 0.2) is 60.7 Å². The normalized spacial score (nSPS) is 17.4. The van der Waals surface area contributed by atoms with Gasteiger partial charge in [0, 0.05) is 12.6 Å². The van der Waals surface area contributed by atoms with E-state index in [1.165, 1.54) is 4.90 Å². The molecule has 0 N–H and O–H groups in total. The SMILES string of the molecule is O=C([O-])/C=C/C(=O)N(Cc1ccc2c(c1)OCO2)[C@@H]1CC(=O)N(c2ccccc2)C1=O. The van der Waals surface area contributed by atoms with E-state index in [1.54, 1.807) is 48.5 Å². The van der Waals surface area contributed by atoms with Crippen LogP contribution in [0.2, 0.25) is 0 Å². The summed E-state index contributed by atoms with van der Waals surface area (Å²) in [5.41, 5.74) is 1.03. The molecule has 9 heteroatoms. The van der Waals surface area contributed by atoms with Gasteiger partial charge in [-0.25, -0.2) is 4.90 Å². The fourth-order valence-electron chi connectivity index (χ4n) is 3.52. The summed E-state index contributed by atoms with van der Waals surface area (Å²) in [7, 11) is 0. The molecular weight excluding hydrogens is 404 g/mol. The average molecular weight is 421 g/mol. The molecule has 1 atom stereocenters. The highest BCUT2D eigenvalue weighted by atomic mass is 16.7. The number of carbonyl (C=O) groups excluding carboxylic acids is 4. The average Bonchev–Trinajstić information content (AvgIpc) is 3.34. The van der Waals surface area contributed by atoms with Crippen LogP contribution in [0.1, 0.15) is 12.0 Å². The molecule has 2 heterocycles. The zero-order valence-corrected chi connectivity index (χ0v) is 16.2. The maximum Gasteiger partial charge on any atom is 0.257 e. The Morgan fingerprint density at radius 1 is 1.06 bits per heavy atom. The minimum Gasteiger partial charge on any atom is -0.545 e. The van der Waals surface area contributed by atoms with E-state index in [0.29, 0.717) is 28.8 Å². The predicted molar refractivity (Wildman–Crippen MR) is 105 cm³/mol. The molecule has 2 aliphatic rings. The van der Waals surface area contributed by atoms with Crippen LogP contribution >= 0.6 is 0 Å². The van der Waals surface area contributed by atoms with E-state index in [-0.39, 0.29) is 19.8 Å². The first-order valence-corrected chi connectivity index (χ1v) is 9.44. The molecule has 4 rings (SSSR count). The van der Waals surface area contributed by atoms with Crippen LogP contribution in [-0.4, -0.2) is 41.4 Å². The highest BCUT2D eigenvalue weighted by molar-refractivity contribution is 6.23. The molecule has 9 nitrogen and oxygen atoms in total. The number of hydrogen-bond donors (Lipinski definition) is 0. The van der Waals surface area contributed by atoms with Gasteiger partial charge in [-0.1, -0.05) is 24.3 Å². The van der Waals surface area contributed by atoms with Crippen molar-refractivity contribution < 1.29 is 33.8 Å². The lowest BCUT2D eigenvalue weighted by Gasteiger charge is -2.27. The number of amides is 3. The minimum atomic E-state index is -1.55. The largest absolute Gasteiger partial charge is 0.545 e. The zero-order valence-electron chi connectivity index (χ0n) is 16.2. The van der Waals surface area contributed by atoms with Crippen LogP contribution in [0.3, 0.4) is 0 Å². The second-order valence-corrected chi connectivity index (χ2v) is 6.93. The third kappa shape index (κ3) is 4.11. The second-order valence-electron chi connectivity index (χ2n) is 6.93. The summed E-state index contributed by atoms with van der Waals surface area (Å²) in [6, 6.07) is 12.4. The Kier molecular flexibility index (Phi) is 5.40. The molecule has 0 spiro atoms. The molecule has 0 unspecified atom stereocenters. The molecular formula is C22H17N2O7-. The summed E-state index contributed by atoms with van der Waals surface area (Å²) < 4.78 is 10.6. The Balaban J connectivity index is 1.64. The number of aliphatic carboxylic acids is 1. The maximum atomic E-state index is 13.1. The standard InChI is InChI=1S/C22H18N2O7/c25-19(8-9-21(27)28)23(12-14-6-7-17-18(10-14)31-13-30-17)16-11-20(26)24(22(16)29)15-4-2-1-3-5-15/h1-10,16H,11-13H2,(H,27,28)/p-1/b9-8+/t16-/m1/s1. The topological polar surface area (TPSA) is 116 Å². The van der Waals surface area contributed by atoms with Crippen LogP contribution in [0.5, 0.6) is 11.5 Å². The Labute approximate surface area is 177 Å². The number of rotatable bonds is 6. The number of anilines is 1. The number of imide groups is 1. The maximum absolute atomic E-state index is 13.1. The van der Waals surface area contributed by atoms with Gasteiger partial charge in [0.2, 0.25) is 18.6 Å². The summed E-state index contributed by atoms with van der Waals surface area (Å²) >= 11 is 0. The lowest BCUT2D eigenvalue weighted by Crippen LogP contribution is -2.44. The molecule has 1 fully saturated rings. The highest BCUT2D eigenvalue weighted by Crippen LogP contribution is 2.33. The van der Waals surface area contributed by atoms with Gasteiger partial charge in [-0.3, -0.25) is 14.4 Å². The van der Waals surface area contributed by atoms with E-state index < -0.39 is 29.7 Å². The van der Waals surface area contributed by atoms with Crippen LogP contribution in [-0.2, 0) is 25.7 Å². The number of hydrogen-bond acceptors (Lipinski definition) is 7. The van der Waals surface area contributed by atoms with Gasteiger partial charge in [-0.15, -0.1) is 0 Å². The van der Waals surface area contributed by atoms with Crippen LogP contribution in [0.4, 0.5) is 5.69 Å². The van der Waals surface area contributed by atoms with Gasteiger partial charge < -0.3 is 24.3 Å². The van der Waals surface area contributed by atoms with E-state index in [4.69, 9.17) is 9.47 Å². The minimum absolute atomic E-state index is 0.0425. The van der Waals surface area contributed by atoms with Crippen LogP contribution in [0, 0.1) is 0 Å². The summed E-state index contributed by atoms with van der Waals surface area (Å²) in [6.07, 6.45) is 1.18. The van der Waals surface area contributed by atoms with Gasteiger partial charge >= 0.3 is 0 Å². The fraction of sp³-hybridized carbons (Fsp3) is 0.182. The Hall–Kier alpha value is -4.14. The highest BCUT2D eigenvalue weighted by Gasteiger charge is 2.44. The first-order valence-electron chi connectivity index (χ1n) is 9.44. The van der Waals surface area contributed by atoms with Gasteiger partial charge in [0.1, 0.15) is 6.04 Å². The van der Waals surface area contributed by atoms with E-state index >= 15 is 0 Å². The first-order chi connectivity index (χ1) is 14.9. The van der Waals surface area contributed by atoms with Gasteiger partial charge in [-0.05, 0) is 35.9 Å². The molecule has 1 saturated heterocycles. The predicted octanol–water partition coefficient (Wildman–Crippen LogP) is 0.382. The molecule has 2 aromatic rings. The van der Waals surface area contributed by atoms with Crippen molar-refractivity contribution in [1.29, 1.82) is 0 Å². The van der Waals surface area contributed by atoms with Crippen molar-refractivity contribution in [2.75, 3.05) is 11.7 Å². The van der Waals surface area contributed by atoms with Crippen molar-refractivity contribution >= 4 is 29.4 Å². The van der Waals surface area contributed by atoms with Crippen LogP contribution in [0.25, 0.3) is 0 Å². The van der Waals surface area contributed by atoms with E-state index in [9.17, 15) is 24.3 Å². The van der Waals surface area contributed by atoms with Crippen molar-refractivity contribution in [1.82, 2.24) is 4.90 Å². The summed E-state index contributed by atoms with van der Waals surface area (Å²) in [4.78, 5) is 51.4.